The zero-order chi connectivity index (χ0) is 22.6. The molecule has 3 aromatic carbocycles. The Bertz CT molecular complexity index is 1140. The molecule has 3 rings (SSSR count). The molecule has 0 spiro atoms. The fourth-order valence-electron chi connectivity index (χ4n) is 3.33. The van der Waals surface area contributed by atoms with Gasteiger partial charge in [0.25, 0.3) is 0 Å². The van der Waals surface area contributed by atoms with Crippen molar-refractivity contribution in [3.05, 3.63) is 83.9 Å². The molecule has 0 saturated carbocycles. The van der Waals surface area contributed by atoms with Crippen molar-refractivity contribution in [2.75, 3.05) is 15.9 Å². The number of benzene rings is 3. The summed E-state index contributed by atoms with van der Waals surface area (Å²) in [4.78, 5) is 12.9. The van der Waals surface area contributed by atoms with Gasteiger partial charge in [0, 0.05) is 5.69 Å². The summed E-state index contributed by atoms with van der Waals surface area (Å²) in [5.74, 6) is 0.833. The Hall–Kier alpha value is -3.32. The van der Waals surface area contributed by atoms with E-state index in [2.05, 4.69) is 5.32 Å². The smallest absolute Gasteiger partial charge is 0.248 e. The van der Waals surface area contributed by atoms with Crippen LogP contribution in [0.5, 0.6) is 11.5 Å². The third-order valence-electron chi connectivity index (χ3n) is 4.89. The first-order valence-electron chi connectivity index (χ1n) is 9.86. The second-order valence-electron chi connectivity index (χ2n) is 7.40. The SMILES string of the molecule is Cc1cccc(C)c1NC(=O)[C@H](C)N(c1ccc(Oc2ccccc2)cc1)S(C)(=O)=O. The van der Waals surface area contributed by atoms with E-state index in [1.54, 1.807) is 31.2 Å². The predicted octanol–water partition coefficient (Wildman–Crippen LogP) is 4.89. The topological polar surface area (TPSA) is 75.7 Å². The van der Waals surface area contributed by atoms with Crippen molar-refractivity contribution in [2.24, 2.45) is 0 Å². The zero-order valence-corrected chi connectivity index (χ0v) is 18.8. The molecule has 6 nitrogen and oxygen atoms in total. The van der Waals surface area contributed by atoms with Crippen molar-refractivity contribution < 1.29 is 17.9 Å². The van der Waals surface area contributed by atoms with Crippen LogP contribution in [0.15, 0.2) is 72.8 Å². The van der Waals surface area contributed by atoms with Gasteiger partial charge in [0.15, 0.2) is 0 Å². The molecule has 0 radical (unpaired) electrons. The van der Waals surface area contributed by atoms with Gasteiger partial charge in [-0.25, -0.2) is 8.42 Å². The third-order valence-corrected chi connectivity index (χ3v) is 6.13. The van der Waals surface area contributed by atoms with Crippen molar-refractivity contribution in [1.82, 2.24) is 0 Å². The first-order chi connectivity index (χ1) is 14.7. The number of ether oxygens (including phenoxy) is 1. The summed E-state index contributed by atoms with van der Waals surface area (Å²) >= 11 is 0. The largest absolute Gasteiger partial charge is 0.457 e. The Morgan fingerprint density at radius 3 is 1.97 bits per heavy atom. The number of nitrogens with one attached hydrogen (secondary N) is 1. The molecule has 0 aromatic heterocycles. The van der Waals surface area contributed by atoms with E-state index in [1.807, 2.05) is 62.4 Å². The zero-order valence-electron chi connectivity index (χ0n) is 18.0. The van der Waals surface area contributed by atoms with Crippen LogP contribution in [0.1, 0.15) is 18.1 Å². The Morgan fingerprint density at radius 2 is 1.42 bits per heavy atom. The van der Waals surface area contributed by atoms with Crippen LogP contribution in [-0.4, -0.2) is 26.6 Å². The van der Waals surface area contributed by atoms with Crippen molar-refractivity contribution >= 4 is 27.3 Å². The molecule has 0 heterocycles. The van der Waals surface area contributed by atoms with Gasteiger partial charge in [-0.05, 0) is 68.3 Å². The Kier molecular flexibility index (Phi) is 6.65. The number of rotatable bonds is 7. The standard InChI is InChI=1S/C24H26N2O4S/c1-17-9-8-10-18(2)23(17)25-24(27)19(3)26(31(4,28)29)20-13-15-22(16-14-20)30-21-11-6-5-7-12-21/h5-16,19H,1-4H3,(H,25,27)/t19-/m0/s1. The van der Waals surface area contributed by atoms with Gasteiger partial charge in [-0.2, -0.15) is 0 Å². The molecule has 162 valence electrons. The van der Waals surface area contributed by atoms with E-state index in [4.69, 9.17) is 4.74 Å². The van der Waals surface area contributed by atoms with E-state index in [1.165, 1.54) is 0 Å². The summed E-state index contributed by atoms with van der Waals surface area (Å²) in [5, 5.41) is 2.87. The van der Waals surface area contributed by atoms with Gasteiger partial charge < -0.3 is 10.1 Å². The molecular weight excluding hydrogens is 412 g/mol. The summed E-state index contributed by atoms with van der Waals surface area (Å²) in [6, 6.07) is 20.6. The van der Waals surface area contributed by atoms with E-state index in [9.17, 15) is 13.2 Å². The maximum Gasteiger partial charge on any atom is 0.248 e. The maximum atomic E-state index is 12.9. The van der Waals surface area contributed by atoms with Crippen LogP contribution < -0.4 is 14.4 Å². The average molecular weight is 439 g/mol. The fourth-order valence-corrected chi connectivity index (χ4v) is 4.51. The minimum Gasteiger partial charge on any atom is -0.457 e. The fraction of sp³-hybridized carbons (Fsp3) is 0.208. The lowest BCUT2D eigenvalue weighted by atomic mass is 10.1. The summed E-state index contributed by atoms with van der Waals surface area (Å²) in [7, 11) is -3.71. The first-order valence-corrected chi connectivity index (χ1v) is 11.7. The normalized spacial score (nSPS) is 12.1. The number of hydrogen-bond donors (Lipinski definition) is 1. The molecule has 3 aromatic rings. The van der Waals surface area contributed by atoms with Crippen molar-refractivity contribution in [2.45, 2.75) is 26.8 Å². The van der Waals surface area contributed by atoms with E-state index < -0.39 is 22.0 Å². The van der Waals surface area contributed by atoms with Gasteiger partial charge in [0.1, 0.15) is 17.5 Å². The molecule has 0 bridgehead atoms. The van der Waals surface area contributed by atoms with Gasteiger partial charge >= 0.3 is 0 Å². The number of carbonyl (C=O) groups is 1. The number of sulfonamides is 1. The number of aryl methyl sites for hydroxylation is 2. The second-order valence-corrected chi connectivity index (χ2v) is 9.26. The highest BCUT2D eigenvalue weighted by molar-refractivity contribution is 7.92. The van der Waals surface area contributed by atoms with Gasteiger partial charge in [0.2, 0.25) is 15.9 Å². The molecule has 1 amide bonds. The molecule has 7 heteroatoms. The number of nitrogens with zero attached hydrogens (tertiary/aromatic N) is 1. The Labute approximate surface area is 183 Å². The van der Waals surface area contributed by atoms with E-state index >= 15 is 0 Å². The molecule has 1 N–H and O–H groups in total. The van der Waals surface area contributed by atoms with Gasteiger partial charge in [0.05, 0.1) is 11.9 Å². The molecule has 0 unspecified atom stereocenters. The maximum absolute atomic E-state index is 12.9. The van der Waals surface area contributed by atoms with Crippen molar-refractivity contribution in [3.63, 3.8) is 0 Å². The highest BCUT2D eigenvalue weighted by atomic mass is 32.2. The lowest BCUT2D eigenvalue weighted by molar-refractivity contribution is -0.116. The van der Waals surface area contributed by atoms with Gasteiger partial charge in [-0.15, -0.1) is 0 Å². The lowest BCUT2D eigenvalue weighted by Crippen LogP contribution is -2.45. The van der Waals surface area contributed by atoms with Gasteiger partial charge in [-0.3, -0.25) is 9.10 Å². The molecule has 0 aliphatic carbocycles. The quantitative estimate of drug-likeness (QED) is 0.570. The lowest BCUT2D eigenvalue weighted by Gasteiger charge is -2.28. The molecule has 1 atom stereocenters. The summed E-state index contributed by atoms with van der Waals surface area (Å²) in [6.07, 6.45) is 1.09. The average Bonchev–Trinajstić information content (AvgIpc) is 2.72. The molecule has 0 fully saturated rings. The van der Waals surface area contributed by atoms with Gasteiger partial charge in [-0.1, -0.05) is 36.4 Å². The number of anilines is 2. The Balaban J connectivity index is 1.84. The van der Waals surface area contributed by atoms with Crippen LogP contribution in [0.25, 0.3) is 0 Å². The van der Waals surface area contributed by atoms with Crippen LogP contribution in [0.4, 0.5) is 11.4 Å². The number of para-hydroxylation sites is 2. The Morgan fingerprint density at radius 1 is 0.871 bits per heavy atom. The third kappa shape index (κ3) is 5.44. The van der Waals surface area contributed by atoms with Crippen LogP contribution >= 0.6 is 0 Å². The first kappa shape index (κ1) is 22.4. The summed E-state index contributed by atoms with van der Waals surface area (Å²) in [6.45, 7) is 5.36. The summed E-state index contributed by atoms with van der Waals surface area (Å²) in [5.41, 5.74) is 2.90. The predicted molar refractivity (Wildman–Crippen MR) is 124 cm³/mol. The second kappa shape index (κ2) is 9.22. The molecule has 0 aliphatic heterocycles. The highest BCUT2D eigenvalue weighted by Crippen LogP contribution is 2.28. The molecular formula is C24H26N2O4S. The minimum absolute atomic E-state index is 0.382. The molecule has 31 heavy (non-hydrogen) atoms. The molecule has 0 saturated heterocycles. The van der Waals surface area contributed by atoms with Crippen LogP contribution in [0, 0.1) is 13.8 Å². The number of hydrogen-bond acceptors (Lipinski definition) is 4. The van der Waals surface area contributed by atoms with E-state index in [0.717, 1.165) is 21.7 Å². The highest BCUT2D eigenvalue weighted by Gasteiger charge is 2.29. The van der Waals surface area contributed by atoms with Crippen LogP contribution in [-0.2, 0) is 14.8 Å². The number of carbonyl (C=O) groups excluding carboxylic acids is 1. The van der Waals surface area contributed by atoms with Crippen LogP contribution in [0.2, 0.25) is 0 Å². The van der Waals surface area contributed by atoms with E-state index in [-0.39, 0.29) is 0 Å². The van der Waals surface area contributed by atoms with E-state index in [0.29, 0.717) is 22.9 Å². The minimum atomic E-state index is -3.71. The van der Waals surface area contributed by atoms with Crippen molar-refractivity contribution in [3.8, 4) is 11.5 Å². The van der Waals surface area contributed by atoms with Crippen molar-refractivity contribution in [1.29, 1.82) is 0 Å². The monoisotopic (exact) mass is 438 g/mol. The number of amides is 1. The molecule has 0 aliphatic rings. The summed E-state index contributed by atoms with van der Waals surface area (Å²) < 4.78 is 32.0. The van der Waals surface area contributed by atoms with Crippen LogP contribution in [0.3, 0.4) is 0 Å².